The highest BCUT2D eigenvalue weighted by Crippen LogP contribution is 2.26. The zero-order chi connectivity index (χ0) is 21.2. The number of benzene rings is 1. The molecule has 1 aliphatic heterocycles. The summed E-state index contributed by atoms with van der Waals surface area (Å²) in [7, 11) is 0. The third-order valence-electron chi connectivity index (χ3n) is 5.48. The molecule has 0 unspecified atom stereocenters. The van der Waals surface area contributed by atoms with E-state index in [-0.39, 0.29) is 5.56 Å². The van der Waals surface area contributed by atoms with E-state index in [4.69, 9.17) is 4.98 Å². The molecule has 0 saturated carbocycles. The first-order chi connectivity index (χ1) is 15.2. The molecule has 0 bridgehead atoms. The van der Waals surface area contributed by atoms with Gasteiger partial charge in [-0.3, -0.25) is 19.7 Å². The van der Waals surface area contributed by atoms with Crippen LogP contribution < -0.4 is 5.56 Å². The first kappa shape index (κ1) is 19.8. The maximum absolute atomic E-state index is 12.7. The molecule has 0 atom stereocenters. The number of H-pyrrole nitrogens is 1. The lowest BCUT2D eigenvalue weighted by Gasteiger charge is -2.27. The maximum Gasteiger partial charge on any atom is 0.255 e. The zero-order valence-electron chi connectivity index (χ0n) is 16.8. The molecule has 7 heteroatoms. The molecule has 0 aliphatic carbocycles. The number of aromatic amines is 1. The van der Waals surface area contributed by atoms with Gasteiger partial charge >= 0.3 is 0 Å². The number of pyridine rings is 2. The van der Waals surface area contributed by atoms with Crippen LogP contribution in [0.1, 0.15) is 16.8 Å². The van der Waals surface area contributed by atoms with E-state index in [1.807, 2.05) is 48.7 Å². The highest BCUT2D eigenvalue weighted by atomic mass is 79.9. The highest BCUT2D eigenvalue weighted by Gasteiger charge is 2.21. The molecular formula is C24H20BrN5O. The molecule has 0 radical (unpaired) electrons. The number of hydrogen-bond donors (Lipinski definition) is 1. The highest BCUT2D eigenvalue weighted by molar-refractivity contribution is 9.10. The minimum atomic E-state index is -0.0658. The number of fused-ring (bicyclic) bond motifs is 1. The minimum Gasteiger partial charge on any atom is -0.306 e. The van der Waals surface area contributed by atoms with Gasteiger partial charge in [0, 0.05) is 60.2 Å². The van der Waals surface area contributed by atoms with Crippen LogP contribution in [0.25, 0.3) is 22.6 Å². The molecule has 1 aliphatic rings. The molecule has 1 aromatic carbocycles. The summed E-state index contributed by atoms with van der Waals surface area (Å²) in [5.41, 5.74) is 5.57. The molecule has 4 heterocycles. The van der Waals surface area contributed by atoms with Crippen LogP contribution in [0.15, 0.2) is 76.4 Å². The van der Waals surface area contributed by atoms with Crippen LogP contribution in [-0.2, 0) is 19.5 Å². The van der Waals surface area contributed by atoms with Gasteiger partial charge in [0.2, 0.25) is 0 Å². The van der Waals surface area contributed by atoms with Gasteiger partial charge < -0.3 is 4.98 Å². The van der Waals surface area contributed by atoms with Crippen molar-refractivity contribution >= 4 is 15.9 Å². The van der Waals surface area contributed by atoms with Crippen molar-refractivity contribution in [2.75, 3.05) is 6.54 Å². The van der Waals surface area contributed by atoms with Crippen molar-refractivity contribution in [1.29, 1.82) is 0 Å². The van der Waals surface area contributed by atoms with Crippen LogP contribution in [0.5, 0.6) is 0 Å². The smallest absolute Gasteiger partial charge is 0.255 e. The second-order valence-corrected chi connectivity index (χ2v) is 8.42. The summed E-state index contributed by atoms with van der Waals surface area (Å²) in [5.74, 6) is 0.603. The Labute approximate surface area is 188 Å². The molecule has 0 amide bonds. The van der Waals surface area contributed by atoms with Gasteiger partial charge in [0.15, 0.2) is 0 Å². The Morgan fingerprint density at radius 2 is 1.90 bits per heavy atom. The van der Waals surface area contributed by atoms with Crippen molar-refractivity contribution in [3.8, 4) is 22.6 Å². The summed E-state index contributed by atoms with van der Waals surface area (Å²) < 4.78 is 1.03. The average Bonchev–Trinajstić information content (AvgIpc) is 2.81. The van der Waals surface area contributed by atoms with E-state index in [1.54, 1.807) is 12.4 Å². The fourth-order valence-corrected chi connectivity index (χ4v) is 4.35. The molecule has 3 aromatic heterocycles. The number of halogens is 1. The molecule has 5 rings (SSSR count). The average molecular weight is 474 g/mol. The van der Waals surface area contributed by atoms with Crippen LogP contribution in [0.3, 0.4) is 0 Å². The van der Waals surface area contributed by atoms with Crippen molar-refractivity contribution in [2.45, 2.75) is 19.5 Å². The van der Waals surface area contributed by atoms with Gasteiger partial charge in [-0.15, -0.1) is 0 Å². The summed E-state index contributed by atoms with van der Waals surface area (Å²) in [6, 6.07) is 15.9. The molecule has 0 fully saturated rings. The maximum atomic E-state index is 12.7. The van der Waals surface area contributed by atoms with Crippen LogP contribution >= 0.6 is 15.9 Å². The number of rotatable bonds is 4. The van der Waals surface area contributed by atoms with E-state index in [0.717, 1.165) is 57.6 Å². The van der Waals surface area contributed by atoms with Crippen molar-refractivity contribution < 1.29 is 0 Å². The summed E-state index contributed by atoms with van der Waals surface area (Å²) in [6.45, 7) is 2.18. The van der Waals surface area contributed by atoms with Gasteiger partial charge in [0.25, 0.3) is 5.56 Å². The van der Waals surface area contributed by atoms with E-state index in [9.17, 15) is 4.79 Å². The fraction of sp³-hybridized carbons (Fsp3) is 0.167. The second-order valence-electron chi connectivity index (χ2n) is 7.57. The number of hydrogen-bond acceptors (Lipinski definition) is 5. The Morgan fingerprint density at radius 3 is 2.68 bits per heavy atom. The summed E-state index contributed by atoms with van der Waals surface area (Å²) in [6.07, 6.45) is 6.07. The van der Waals surface area contributed by atoms with E-state index < -0.39 is 0 Å². The van der Waals surface area contributed by atoms with Gasteiger partial charge in [-0.2, -0.15) is 0 Å². The lowest BCUT2D eigenvalue weighted by molar-refractivity contribution is 0.241. The monoisotopic (exact) mass is 473 g/mol. The van der Waals surface area contributed by atoms with Crippen LogP contribution in [0.2, 0.25) is 0 Å². The minimum absolute atomic E-state index is 0.0658. The number of nitrogens with one attached hydrogen (secondary N) is 1. The second kappa shape index (κ2) is 8.53. The summed E-state index contributed by atoms with van der Waals surface area (Å²) in [4.78, 5) is 31.3. The predicted molar refractivity (Wildman–Crippen MR) is 123 cm³/mol. The third-order valence-corrected chi connectivity index (χ3v) is 6.17. The zero-order valence-corrected chi connectivity index (χ0v) is 18.3. The quantitative estimate of drug-likeness (QED) is 0.480. The van der Waals surface area contributed by atoms with Crippen LogP contribution in [-0.4, -0.2) is 31.4 Å². The lowest BCUT2D eigenvalue weighted by Crippen LogP contribution is -2.35. The summed E-state index contributed by atoms with van der Waals surface area (Å²) >= 11 is 3.58. The number of nitrogens with zero attached hydrogens (tertiary/aromatic N) is 4. The Balaban J connectivity index is 1.32. The Hall–Kier alpha value is -3.16. The molecule has 31 heavy (non-hydrogen) atoms. The largest absolute Gasteiger partial charge is 0.306 e. The van der Waals surface area contributed by atoms with Gasteiger partial charge in [0.1, 0.15) is 5.82 Å². The fourth-order valence-electron chi connectivity index (χ4n) is 3.87. The van der Waals surface area contributed by atoms with Gasteiger partial charge in [-0.1, -0.05) is 40.2 Å². The van der Waals surface area contributed by atoms with Crippen LogP contribution in [0, 0.1) is 0 Å². The van der Waals surface area contributed by atoms with E-state index in [2.05, 4.69) is 41.8 Å². The topological polar surface area (TPSA) is 74.8 Å². The Morgan fingerprint density at radius 1 is 1.06 bits per heavy atom. The SMILES string of the molecule is O=c1[nH]c(-c2ccncc2)nc2c1CN(Cc1ccc(-c3ccccc3Br)nc1)CC2. The standard InChI is InChI=1S/C24H20BrN5O/c25-20-4-2-1-3-18(20)21-6-5-16(13-27-21)14-30-12-9-22-19(15-30)24(31)29-23(28-22)17-7-10-26-11-8-17/h1-8,10-11,13H,9,12,14-15H2,(H,28,29,31). The van der Waals surface area contributed by atoms with Gasteiger partial charge in [-0.25, -0.2) is 4.98 Å². The van der Waals surface area contributed by atoms with E-state index >= 15 is 0 Å². The molecule has 1 N–H and O–H groups in total. The molecule has 0 spiro atoms. The molecule has 6 nitrogen and oxygen atoms in total. The first-order valence-corrected chi connectivity index (χ1v) is 10.9. The number of aromatic nitrogens is 4. The van der Waals surface area contributed by atoms with E-state index in [1.165, 1.54) is 0 Å². The molecule has 154 valence electrons. The predicted octanol–water partition coefficient (Wildman–Crippen LogP) is 4.21. The van der Waals surface area contributed by atoms with Crippen molar-refractivity contribution in [3.63, 3.8) is 0 Å². The lowest BCUT2D eigenvalue weighted by atomic mass is 10.1. The normalized spacial score (nSPS) is 13.7. The van der Waals surface area contributed by atoms with Gasteiger partial charge in [0.05, 0.1) is 17.0 Å². The Kier molecular flexibility index (Phi) is 5.44. The Bertz CT molecular complexity index is 1270. The summed E-state index contributed by atoms with van der Waals surface area (Å²) in [5, 5.41) is 0. The van der Waals surface area contributed by atoms with Gasteiger partial charge in [-0.05, 0) is 29.8 Å². The molecule has 0 saturated heterocycles. The van der Waals surface area contributed by atoms with Crippen molar-refractivity contribution in [3.05, 3.63) is 98.8 Å². The van der Waals surface area contributed by atoms with Crippen molar-refractivity contribution in [2.24, 2.45) is 0 Å². The van der Waals surface area contributed by atoms with Crippen LogP contribution in [0.4, 0.5) is 0 Å². The van der Waals surface area contributed by atoms with E-state index in [0.29, 0.717) is 12.4 Å². The molecular weight excluding hydrogens is 454 g/mol. The van der Waals surface area contributed by atoms with Crippen molar-refractivity contribution in [1.82, 2.24) is 24.8 Å². The first-order valence-electron chi connectivity index (χ1n) is 10.1. The third kappa shape index (κ3) is 4.19. The molecule has 4 aromatic rings.